The zero-order valence-electron chi connectivity index (χ0n) is 14.4. The molecular formula is C19H19N3O5. The van der Waals surface area contributed by atoms with Crippen LogP contribution in [0.4, 0.5) is 5.69 Å². The predicted octanol–water partition coefficient (Wildman–Crippen LogP) is 0.869. The smallest absolute Gasteiger partial charge is 0.345 e. The summed E-state index contributed by atoms with van der Waals surface area (Å²) >= 11 is 0. The van der Waals surface area contributed by atoms with Crippen LogP contribution >= 0.6 is 0 Å². The molecule has 5 N–H and O–H groups in total. The first-order chi connectivity index (χ1) is 13.0. The number of carbonyl (C=O) groups is 1. The normalized spacial score (nSPS) is 25.4. The largest absolute Gasteiger partial charge is 0.506 e. The van der Waals surface area contributed by atoms with Gasteiger partial charge in [0.25, 0.3) is 5.56 Å². The van der Waals surface area contributed by atoms with Gasteiger partial charge in [-0.1, -0.05) is 6.07 Å². The third-order valence-corrected chi connectivity index (χ3v) is 5.99. The lowest BCUT2D eigenvalue weighted by Crippen LogP contribution is -2.28. The standard InChI is InChI=1S/C19H19N3O5/c20-15-11-4-22(5-12(11)15)9-1-2-10-8(3-9)6-27-7-13-16(10)21-18(24)14(17(13)23)19(25)26/h1-3,11-12,15H,4-7,20H2,(H,25,26)(H2,21,23,24)/t11-,12+,15+. The fourth-order valence-corrected chi connectivity index (χ4v) is 4.38. The number of rotatable bonds is 2. The van der Waals surface area contributed by atoms with Crippen molar-refractivity contribution in [1.82, 2.24) is 4.98 Å². The molecule has 2 aliphatic heterocycles. The minimum absolute atomic E-state index is 0.0188. The molecule has 0 unspecified atom stereocenters. The number of fused-ring (bicyclic) bond motifs is 4. The van der Waals surface area contributed by atoms with Gasteiger partial charge < -0.3 is 30.6 Å². The fourth-order valence-electron chi connectivity index (χ4n) is 4.38. The number of anilines is 1. The summed E-state index contributed by atoms with van der Waals surface area (Å²) in [4.78, 5) is 28.4. The van der Waals surface area contributed by atoms with Gasteiger partial charge in [-0.25, -0.2) is 4.79 Å². The average molecular weight is 369 g/mol. The van der Waals surface area contributed by atoms with E-state index in [0.29, 0.717) is 30.2 Å². The number of carboxylic acid groups (broad SMARTS) is 1. The Morgan fingerprint density at radius 1 is 1.26 bits per heavy atom. The Hall–Kier alpha value is -2.84. The molecule has 0 bridgehead atoms. The van der Waals surface area contributed by atoms with Crippen molar-refractivity contribution >= 4 is 11.7 Å². The molecule has 1 aromatic carbocycles. The molecule has 1 aliphatic carbocycles. The summed E-state index contributed by atoms with van der Waals surface area (Å²) in [6.45, 7) is 2.22. The van der Waals surface area contributed by atoms with E-state index < -0.39 is 22.8 Å². The Balaban J connectivity index is 1.57. The summed E-state index contributed by atoms with van der Waals surface area (Å²) in [6.07, 6.45) is 0. The Morgan fingerprint density at radius 2 is 2.00 bits per heavy atom. The van der Waals surface area contributed by atoms with E-state index >= 15 is 0 Å². The summed E-state index contributed by atoms with van der Waals surface area (Å²) in [6, 6.07) is 6.22. The van der Waals surface area contributed by atoms with Crippen LogP contribution in [0.3, 0.4) is 0 Å². The quantitative estimate of drug-likeness (QED) is 0.618. The number of aromatic nitrogens is 1. The summed E-state index contributed by atoms with van der Waals surface area (Å²) in [7, 11) is 0. The number of benzene rings is 1. The number of hydrogen-bond acceptors (Lipinski definition) is 6. The highest BCUT2D eigenvalue weighted by molar-refractivity contribution is 5.92. The number of nitrogens with two attached hydrogens (primary N) is 1. The molecule has 3 aliphatic rings. The monoisotopic (exact) mass is 369 g/mol. The van der Waals surface area contributed by atoms with Crippen LogP contribution < -0.4 is 16.2 Å². The summed E-state index contributed by atoms with van der Waals surface area (Å²) in [5.41, 5.74) is 7.91. The molecule has 2 fully saturated rings. The first kappa shape index (κ1) is 16.3. The van der Waals surface area contributed by atoms with E-state index in [1.807, 2.05) is 18.2 Å². The van der Waals surface area contributed by atoms with Gasteiger partial charge in [0.05, 0.1) is 18.9 Å². The van der Waals surface area contributed by atoms with Gasteiger partial charge in [-0.2, -0.15) is 0 Å². The molecule has 27 heavy (non-hydrogen) atoms. The van der Waals surface area contributed by atoms with Gasteiger partial charge in [0.15, 0.2) is 5.56 Å². The topological polar surface area (TPSA) is 129 Å². The van der Waals surface area contributed by atoms with Gasteiger partial charge in [0.1, 0.15) is 5.75 Å². The van der Waals surface area contributed by atoms with Crippen molar-refractivity contribution < 1.29 is 19.7 Å². The van der Waals surface area contributed by atoms with Crippen molar-refractivity contribution in [3.05, 3.63) is 45.2 Å². The van der Waals surface area contributed by atoms with Crippen molar-refractivity contribution in [2.24, 2.45) is 17.6 Å². The maximum absolute atomic E-state index is 12.2. The SMILES string of the molecule is N[C@@H]1[C@H]2CN(c3ccc4c(c3)COCc3c-4[nH]c(=O)c(C(=O)O)c3O)C[C@@H]12. The number of aromatic carboxylic acids is 1. The van der Waals surface area contributed by atoms with Crippen molar-refractivity contribution in [3.63, 3.8) is 0 Å². The van der Waals surface area contributed by atoms with Gasteiger partial charge in [-0.15, -0.1) is 0 Å². The lowest BCUT2D eigenvalue weighted by atomic mass is 9.99. The van der Waals surface area contributed by atoms with Crippen LogP contribution in [0, 0.1) is 11.8 Å². The van der Waals surface area contributed by atoms with Gasteiger partial charge in [0.2, 0.25) is 0 Å². The molecule has 3 heterocycles. The Bertz CT molecular complexity index is 1020. The van der Waals surface area contributed by atoms with Crippen LogP contribution in [0.1, 0.15) is 21.5 Å². The number of hydrogen-bond donors (Lipinski definition) is 4. The second kappa shape index (κ2) is 5.58. The third-order valence-electron chi connectivity index (χ3n) is 5.99. The highest BCUT2D eigenvalue weighted by atomic mass is 16.5. The van der Waals surface area contributed by atoms with Crippen LogP contribution in [0.15, 0.2) is 23.0 Å². The minimum Gasteiger partial charge on any atom is -0.506 e. The number of aromatic amines is 1. The lowest BCUT2D eigenvalue weighted by molar-refractivity contribution is 0.0690. The predicted molar refractivity (Wildman–Crippen MR) is 96.8 cm³/mol. The lowest BCUT2D eigenvalue weighted by Gasteiger charge is -2.23. The Labute approximate surface area is 154 Å². The van der Waals surface area contributed by atoms with Crippen LogP contribution in [0.5, 0.6) is 5.75 Å². The van der Waals surface area contributed by atoms with Crippen molar-refractivity contribution in [3.8, 4) is 17.0 Å². The number of pyridine rings is 1. The van der Waals surface area contributed by atoms with E-state index in [1.54, 1.807) is 0 Å². The van der Waals surface area contributed by atoms with E-state index in [9.17, 15) is 19.8 Å². The van der Waals surface area contributed by atoms with Crippen LogP contribution in [0.2, 0.25) is 0 Å². The van der Waals surface area contributed by atoms with E-state index in [-0.39, 0.29) is 12.2 Å². The molecule has 1 saturated heterocycles. The molecule has 140 valence electrons. The second-order valence-corrected chi connectivity index (χ2v) is 7.48. The third kappa shape index (κ3) is 2.37. The molecule has 0 radical (unpaired) electrons. The molecule has 3 atom stereocenters. The molecule has 1 saturated carbocycles. The number of ether oxygens (including phenoxy) is 1. The molecule has 1 aromatic heterocycles. The number of piperidine rings is 1. The molecule has 0 amide bonds. The maximum atomic E-state index is 12.2. The summed E-state index contributed by atoms with van der Waals surface area (Å²) in [5, 5.41) is 19.5. The first-order valence-corrected chi connectivity index (χ1v) is 8.88. The zero-order valence-corrected chi connectivity index (χ0v) is 14.4. The average Bonchev–Trinajstić information content (AvgIpc) is 3.06. The van der Waals surface area contributed by atoms with Gasteiger partial charge in [-0.3, -0.25) is 4.79 Å². The van der Waals surface area contributed by atoms with E-state index in [2.05, 4.69) is 9.88 Å². The minimum atomic E-state index is -1.47. The Morgan fingerprint density at radius 3 is 2.70 bits per heavy atom. The van der Waals surface area contributed by atoms with Crippen molar-refractivity contribution in [2.75, 3.05) is 18.0 Å². The molecule has 8 heteroatoms. The van der Waals surface area contributed by atoms with E-state index in [1.165, 1.54) is 0 Å². The number of nitrogens with zero attached hydrogens (tertiary/aromatic N) is 1. The van der Waals surface area contributed by atoms with Gasteiger partial charge in [-0.05, 0) is 29.5 Å². The summed E-state index contributed by atoms with van der Waals surface area (Å²) in [5.74, 6) is -0.860. The van der Waals surface area contributed by atoms with E-state index in [4.69, 9.17) is 10.5 Å². The summed E-state index contributed by atoms with van der Waals surface area (Å²) < 4.78 is 5.65. The van der Waals surface area contributed by atoms with Crippen molar-refractivity contribution in [2.45, 2.75) is 19.3 Å². The number of carboxylic acids is 1. The van der Waals surface area contributed by atoms with Gasteiger partial charge in [0, 0.05) is 35.9 Å². The number of H-pyrrole nitrogens is 1. The second-order valence-electron chi connectivity index (χ2n) is 7.48. The van der Waals surface area contributed by atoms with Gasteiger partial charge >= 0.3 is 5.97 Å². The highest BCUT2D eigenvalue weighted by Crippen LogP contribution is 2.46. The molecular weight excluding hydrogens is 350 g/mol. The van der Waals surface area contributed by atoms with Crippen molar-refractivity contribution in [1.29, 1.82) is 0 Å². The molecule has 0 spiro atoms. The number of nitrogens with one attached hydrogen (secondary N) is 1. The van der Waals surface area contributed by atoms with Crippen LogP contribution in [0.25, 0.3) is 11.3 Å². The van der Waals surface area contributed by atoms with Crippen LogP contribution in [-0.4, -0.2) is 40.3 Å². The maximum Gasteiger partial charge on any atom is 0.345 e. The Kier molecular flexibility index (Phi) is 3.38. The fraction of sp³-hybridized carbons (Fsp3) is 0.368. The van der Waals surface area contributed by atoms with Crippen LogP contribution in [-0.2, 0) is 18.0 Å². The highest BCUT2D eigenvalue weighted by Gasteiger charge is 2.53. The molecule has 8 nitrogen and oxygen atoms in total. The number of aromatic hydroxyl groups is 1. The first-order valence-electron chi connectivity index (χ1n) is 8.88. The zero-order chi connectivity index (χ0) is 18.9. The molecule has 5 rings (SSSR count). The molecule has 2 aromatic rings. The van der Waals surface area contributed by atoms with E-state index in [0.717, 1.165) is 29.9 Å².